The zero-order valence-corrected chi connectivity index (χ0v) is 19.5. The monoisotopic (exact) mass is 445 g/mol. The minimum Gasteiger partial charge on any atom is -0.454 e. The average Bonchev–Trinajstić information content (AvgIpc) is 2.77. The van der Waals surface area contributed by atoms with Gasteiger partial charge in [0.2, 0.25) is 11.7 Å². The van der Waals surface area contributed by atoms with Crippen molar-refractivity contribution in [2.75, 3.05) is 6.54 Å². The molecule has 0 bridgehead atoms. The molecule has 5 nitrogen and oxygen atoms in total. The highest BCUT2D eigenvalue weighted by molar-refractivity contribution is 6.37. The van der Waals surface area contributed by atoms with Gasteiger partial charge in [0, 0.05) is 13.1 Å². The van der Waals surface area contributed by atoms with Crippen molar-refractivity contribution in [3.05, 3.63) is 83.9 Å². The second-order valence-electron chi connectivity index (χ2n) is 9.19. The quantitative estimate of drug-likeness (QED) is 0.261. The van der Waals surface area contributed by atoms with Crippen molar-refractivity contribution in [2.24, 2.45) is 0 Å². The van der Waals surface area contributed by atoms with Crippen LogP contribution in [0.15, 0.2) is 72.8 Å². The van der Waals surface area contributed by atoms with Gasteiger partial charge in [0.15, 0.2) is 0 Å². The third-order valence-corrected chi connectivity index (χ3v) is 5.21. The minimum absolute atomic E-state index is 0.368. The first-order valence-corrected chi connectivity index (χ1v) is 11.3. The number of Topliss-reactive ketones (excluding diaryl/α,β-unsaturated/α-hetero) is 1. The summed E-state index contributed by atoms with van der Waals surface area (Å²) < 4.78 is 5.13. The number of hydrogen-bond acceptors (Lipinski definition) is 4. The number of ether oxygens (including phenoxy) is 1. The van der Waals surface area contributed by atoms with E-state index in [9.17, 15) is 14.4 Å². The van der Waals surface area contributed by atoms with Crippen molar-refractivity contribution < 1.29 is 19.1 Å². The summed E-state index contributed by atoms with van der Waals surface area (Å²) in [5, 5.41) is 2.22. The SMILES string of the molecule is CC(C)(C)OC(=O)C(=O)CC(=O)N(CCCc1ccccc1)Cc1ccc2ccccc2c1. The van der Waals surface area contributed by atoms with Crippen LogP contribution in [-0.4, -0.2) is 34.7 Å². The molecule has 0 aliphatic rings. The fourth-order valence-electron chi connectivity index (χ4n) is 3.62. The molecular weight excluding hydrogens is 414 g/mol. The Labute approximate surface area is 195 Å². The van der Waals surface area contributed by atoms with E-state index in [0.29, 0.717) is 13.1 Å². The summed E-state index contributed by atoms with van der Waals surface area (Å²) in [6, 6.07) is 24.2. The molecule has 0 radical (unpaired) electrons. The van der Waals surface area contributed by atoms with Crippen molar-refractivity contribution >= 4 is 28.4 Å². The Morgan fingerprint density at radius 3 is 2.18 bits per heavy atom. The van der Waals surface area contributed by atoms with E-state index in [4.69, 9.17) is 4.74 Å². The molecule has 0 atom stereocenters. The third-order valence-electron chi connectivity index (χ3n) is 5.21. The molecule has 0 saturated heterocycles. The standard InChI is InChI=1S/C28H31NO4/c1-28(2,3)33-27(32)25(30)19-26(31)29(17-9-12-21-10-5-4-6-11-21)20-22-15-16-23-13-7-8-14-24(23)18-22/h4-8,10-11,13-16,18H,9,12,17,19-20H2,1-3H3. The van der Waals surface area contributed by atoms with Gasteiger partial charge in [-0.15, -0.1) is 0 Å². The lowest BCUT2D eigenvalue weighted by Gasteiger charge is -2.23. The van der Waals surface area contributed by atoms with Crippen molar-refractivity contribution in [3.63, 3.8) is 0 Å². The molecule has 0 N–H and O–H groups in total. The van der Waals surface area contributed by atoms with Crippen molar-refractivity contribution in [2.45, 2.75) is 52.2 Å². The summed E-state index contributed by atoms with van der Waals surface area (Å²) in [6.07, 6.45) is 1.08. The summed E-state index contributed by atoms with van der Waals surface area (Å²) in [7, 11) is 0. The zero-order valence-electron chi connectivity index (χ0n) is 19.5. The summed E-state index contributed by atoms with van der Waals surface area (Å²) in [4.78, 5) is 39.1. The number of rotatable bonds is 9. The van der Waals surface area contributed by atoms with Crippen LogP contribution >= 0.6 is 0 Å². The van der Waals surface area contributed by atoms with Crippen LogP contribution in [0.5, 0.6) is 0 Å². The highest BCUT2D eigenvalue weighted by Crippen LogP contribution is 2.18. The van der Waals surface area contributed by atoms with E-state index in [1.165, 1.54) is 5.56 Å². The summed E-state index contributed by atoms with van der Waals surface area (Å²) >= 11 is 0. The Morgan fingerprint density at radius 2 is 1.48 bits per heavy atom. The zero-order chi connectivity index (χ0) is 23.8. The summed E-state index contributed by atoms with van der Waals surface area (Å²) in [5.41, 5.74) is 1.39. The number of benzene rings is 3. The smallest absolute Gasteiger partial charge is 0.375 e. The topological polar surface area (TPSA) is 63.7 Å². The molecule has 172 valence electrons. The maximum absolute atomic E-state index is 13.0. The molecule has 0 aliphatic heterocycles. The van der Waals surface area contributed by atoms with E-state index in [-0.39, 0.29) is 5.91 Å². The second kappa shape index (κ2) is 10.9. The van der Waals surface area contributed by atoms with Gasteiger partial charge in [-0.25, -0.2) is 4.79 Å². The van der Waals surface area contributed by atoms with Crippen molar-refractivity contribution in [3.8, 4) is 0 Å². The first kappa shape index (κ1) is 24.2. The maximum atomic E-state index is 13.0. The Hall–Kier alpha value is -3.47. The fraction of sp³-hybridized carbons (Fsp3) is 0.321. The molecule has 3 aromatic carbocycles. The van der Waals surface area contributed by atoms with Gasteiger partial charge in [-0.3, -0.25) is 9.59 Å². The Kier molecular flexibility index (Phi) is 7.99. The van der Waals surface area contributed by atoms with Crippen molar-refractivity contribution in [1.29, 1.82) is 0 Å². The van der Waals surface area contributed by atoms with Crippen molar-refractivity contribution in [1.82, 2.24) is 4.90 Å². The number of carbonyl (C=O) groups is 3. The largest absolute Gasteiger partial charge is 0.454 e. The van der Waals surface area contributed by atoms with E-state index in [1.807, 2.05) is 54.6 Å². The molecule has 0 aliphatic carbocycles. The highest BCUT2D eigenvalue weighted by atomic mass is 16.6. The van der Waals surface area contributed by atoms with Crippen LogP contribution in [0.3, 0.4) is 0 Å². The summed E-state index contributed by atoms with van der Waals surface area (Å²) in [5.74, 6) is -2.15. The average molecular weight is 446 g/mol. The van der Waals surface area contributed by atoms with Crippen LogP contribution in [0, 0.1) is 0 Å². The van der Waals surface area contributed by atoms with Crippen LogP contribution in [0.1, 0.15) is 44.7 Å². The number of aryl methyl sites for hydroxylation is 1. The number of esters is 1. The lowest BCUT2D eigenvalue weighted by molar-refractivity contribution is -0.163. The molecule has 0 saturated carbocycles. The van der Waals surface area contributed by atoms with E-state index in [2.05, 4.69) is 18.2 Å². The van der Waals surface area contributed by atoms with E-state index >= 15 is 0 Å². The fourth-order valence-corrected chi connectivity index (χ4v) is 3.62. The van der Waals surface area contributed by atoms with Gasteiger partial charge >= 0.3 is 5.97 Å². The number of hydrogen-bond donors (Lipinski definition) is 0. The number of carbonyl (C=O) groups excluding carboxylic acids is 3. The van der Waals surface area contributed by atoms with E-state index in [0.717, 1.165) is 29.2 Å². The molecule has 0 fully saturated rings. The second-order valence-corrected chi connectivity index (χ2v) is 9.19. The van der Waals surface area contributed by atoms with Gasteiger partial charge in [0.25, 0.3) is 0 Å². The third kappa shape index (κ3) is 7.56. The Morgan fingerprint density at radius 1 is 0.818 bits per heavy atom. The number of ketones is 1. The van der Waals surface area contributed by atoms with Crippen LogP contribution in [-0.2, 0) is 32.1 Å². The first-order chi connectivity index (χ1) is 15.7. The normalized spacial score (nSPS) is 11.2. The van der Waals surface area contributed by atoms with Crippen LogP contribution in [0.25, 0.3) is 10.8 Å². The predicted octanol–water partition coefficient (Wildman–Crippen LogP) is 5.10. The molecule has 3 rings (SSSR count). The molecule has 0 unspecified atom stereocenters. The maximum Gasteiger partial charge on any atom is 0.375 e. The van der Waals surface area contributed by atoms with Gasteiger partial charge < -0.3 is 9.64 Å². The van der Waals surface area contributed by atoms with E-state index < -0.39 is 23.8 Å². The molecule has 0 heterocycles. The van der Waals surface area contributed by atoms with Gasteiger partial charge in [0.1, 0.15) is 5.60 Å². The number of fused-ring (bicyclic) bond motifs is 1. The van der Waals surface area contributed by atoms with Gasteiger partial charge in [-0.05, 0) is 61.6 Å². The highest BCUT2D eigenvalue weighted by Gasteiger charge is 2.26. The van der Waals surface area contributed by atoms with Gasteiger partial charge in [-0.2, -0.15) is 0 Å². The Balaban J connectivity index is 1.71. The first-order valence-electron chi connectivity index (χ1n) is 11.3. The molecule has 0 aromatic heterocycles. The Bertz CT molecular complexity index is 1120. The molecule has 1 amide bonds. The van der Waals surface area contributed by atoms with Crippen LogP contribution < -0.4 is 0 Å². The molecule has 0 spiro atoms. The minimum atomic E-state index is -0.967. The molecular formula is C28H31NO4. The van der Waals surface area contributed by atoms with Gasteiger partial charge in [0.05, 0.1) is 6.42 Å². The molecule has 3 aromatic rings. The predicted molar refractivity (Wildman–Crippen MR) is 130 cm³/mol. The lowest BCUT2D eigenvalue weighted by atomic mass is 10.1. The molecule has 33 heavy (non-hydrogen) atoms. The van der Waals surface area contributed by atoms with Crippen LogP contribution in [0.2, 0.25) is 0 Å². The summed E-state index contributed by atoms with van der Waals surface area (Å²) in [6.45, 7) is 5.93. The molecule has 5 heteroatoms. The lowest BCUT2D eigenvalue weighted by Crippen LogP contribution is -2.36. The number of amides is 1. The van der Waals surface area contributed by atoms with Crippen LogP contribution in [0.4, 0.5) is 0 Å². The van der Waals surface area contributed by atoms with Gasteiger partial charge in [-0.1, -0.05) is 66.7 Å². The van der Waals surface area contributed by atoms with E-state index in [1.54, 1.807) is 25.7 Å². The number of nitrogens with zero attached hydrogens (tertiary/aromatic N) is 1.